The quantitative estimate of drug-likeness (QED) is 0.541. The fourth-order valence-electron chi connectivity index (χ4n) is 3.49. The van der Waals surface area contributed by atoms with Crippen LogP contribution in [0.4, 0.5) is 5.00 Å². The summed E-state index contributed by atoms with van der Waals surface area (Å²) in [5.74, 6) is 1.12. The Hall–Kier alpha value is -2.12. The third-order valence-corrected chi connectivity index (χ3v) is 6.46. The van der Waals surface area contributed by atoms with Crippen molar-refractivity contribution in [3.8, 4) is 5.75 Å². The predicted molar refractivity (Wildman–Crippen MR) is 118 cm³/mol. The van der Waals surface area contributed by atoms with Gasteiger partial charge in [0.2, 0.25) is 0 Å². The summed E-state index contributed by atoms with van der Waals surface area (Å²) >= 11 is 7.13. The van der Waals surface area contributed by atoms with E-state index in [1.165, 1.54) is 12.0 Å². The molecular formula is C21H26N2O3S2. The Kier molecular flexibility index (Phi) is 6.57. The maximum absolute atomic E-state index is 12.4. The van der Waals surface area contributed by atoms with Crippen LogP contribution in [-0.4, -0.2) is 25.3 Å². The van der Waals surface area contributed by atoms with Crippen molar-refractivity contribution in [1.82, 2.24) is 5.32 Å². The second-order valence-electron chi connectivity index (χ2n) is 7.14. The summed E-state index contributed by atoms with van der Waals surface area (Å²) in [7, 11) is 3.07. The van der Waals surface area contributed by atoms with E-state index in [1.54, 1.807) is 18.4 Å². The number of hydrogen-bond acceptors (Lipinski definition) is 5. The van der Waals surface area contributed by atoms with Crippen molar-refractivity contribution in [3.63, 3.8) is 0 Å². The van der Waals surface area contributed by atoms with E-state index in [1.807, 2.05) is 31.2 Å². The van der Waals surface area contributed by atoms with E-state index in [9.17, 15) is 4.79 Å². The van der Waals surface area contributed by atoms with Crippen molar-refractivity contribution in [3.05, 3.63) is 45.8 Å². The van der Waals surface area contributed by atoms with E-state index in [0.717, 1.165) is 41.1 Å². The highest BCUT2D eigenvalue weighted by molar-refractivity contribution is 7.80. The van der Waals surface area contributed by atoms with Crippen molar-refractivity contribution >= 4 is 39.6 Å². The molecule has 1 heterocycles. The first-order chi connectivity index (χ1) is 13.4. The Morgan fingerprint density at radius 3 is 2.86 bits per heavy atom. The first-order valence-electron chi connectivity index (χ1n) is 9.37. The van der Waals surface area contributed by atoms with Crippen molar-refractivity contribution in [2.75, 3.05) is 19.5 Å². The molecule has 0 aliphatic heterocycles. The SMILES string of the molecule is COC(=O)c1c(NC(=S)NC(C)c2cccc(OC)c2)sc2c1CCC(C)C2. The number of carbonyl (C=O) groups excluding carboxylic acids is 1. The monoisotopic (exact) mass is 418 g/mol. The van der Waals surface area contributed by atoms with Gasteiger partial charge in [0.05, 0.1) is 25.8 Å². The molecule has 150 valence electrons. The number of anilines is 1. The van der Waals surface area contributed by atoms with Gasteiger partial charge in [-0.15, -0.1) is 11.3 Å². The van der Waals surface area contributed by atoms with Crippen LogP contribution in [0.5, 0.6) is 5.75 Å². The van der Waals surface area contributed by atoms with E-state index in [0.29, 0.717) is 16.6 Å². The third-order valence-electron chi connectivity index (χ3n) is 5.07. The first-order valence-corrected chi connectivity index (χ1v) is 10.6. The van der Waals surface area contributed by atoms with Crippen LogP contribution in [0, 0.1) is 5.92 Å². The highest BCUT2D eigenvalue weighted by atomic mass is 32.1. The lowest BCUT2D eigenvalue weighted by Gasteiger charge is -2.18. The number of rotatable bonds is 5. The maximum Gasteiger partial charge on any atom is 0.341 e. The van der Waals surface area contributed by atoms with Crippen LogP contribution in [0.2, 0.25) is 0 Å². The molecule has 1 aromatic carbocycles. The van der Waals surface area contributed by atoms with E-state index >= 15 is 0 Å². The lowest BCUT2D eigenvalue weighted by Crippen LogP contribution is -2.31. The zero-order valence-corrected chi connectivity index (χ0v) is 18.3. The molecule has 0 radical (unpaired) electrons. The Morgan fingerprint density at radius 1 is 1.36 bits per heavy atom. The van der Waals surface area contributed by atoms with Crippen LogP contribution in [0.15, 0.2) is 24.3 Å². The number of ether oxygens (including phenoxy) is 2. The van der Waals surface area contributed by atoms with Crippen LogP contribution >= 0.6 is 23.6 Å². The summed E-state index contributed by atoms with van der Waals surface area (Å²) in [6, 6.07) is 7.85. The van der Waals surface area contributed by atoms with E-state index in [-0.39, 0.29) is 12.0 Å². The smallest absolute Gasteiger partial charge is 0.341 e. The minimum atomic E-state index is -0.307. The van der Waals surface area contributed by atoms with Gasteiger partial charge in [0.25, 0.3) is 0 Å². The normalized spacial score (nSPS) is 16.6. The molecule has 0 saturated carbocycles. The number of thiocarbonyl (C=S) groups is 1. The van der Waals surface area contributed by atoms with Gasteiger partial charge in [0.15, 0.2) is 5.11 Å². The number of hydrogen-bond donors (Lipinski definition) is 2. The second-order valence-corrected chi connectivity index (χ2v) is 8.66. The minimum Gasteiger partial charge on any atom is -0.497 e. The largest absolute Gasteiger partial charge is 0.497 e. The lowest BCUT2D eigenvalue weighted by molar-refractivity contribution is 0.0601. The molecule has 0 fully saturated rings. The van der Waals surface area contributed by atoms with Gasteiger partial charge in [-0.1, -0.05) is 19.1 Å². The number of nitrogens with one attached hydrogen (secondary N) is 2. The van der Waals surface area contributed by atoms with Gasteiger partial charge in [-0.3, -0.25) is 0 Å². The maximum atomic E-state index is 12.4. The molecule has 0 amide bonds. The van der Waals surface area contributed by atoms with Crippen molar-refractivity contribution < 1.29 is 14.3 Å². The third kappa shape index (κ3) is 4.47. The molecule has 7 heteroatoms. The summed E-state index contributed by atoms with van der Waals surface area (Å²) in [6.45, 7) is 4.28. The van der Waals surface area contributed by atoms with Crippen LogP contribution in [0.3, 0.4) is 0 Å². The van der Waals surface area contributed by atoms with Crippen LogP contribution in [0.1, 0.15) is 52.7 Å². The average molecular weight is 419 g/mol. The molecule has 2 aromatic rings. The Morgan fingerprint density at radius 2 is 2.14 bits per heavy atom. The molecule has 2 N–H and O–H groups in total. The number of benzene rings is 1. The van der Waals surface area contributed by atoms with E-state index in [2.05, 4.69) is 17.6 Å². The molecular weight excluding hydrogens is 392 g/mol. The predicted octanol–water partition coefficient (Wildman–Crippen LogP) is 4.72. The lowest BCUT2D eigenvalue weighted by atomic mass is 9.88. The number of thiophene rings is 1. The zero-order valence-electron chi connectivity index (χ0n) is 16.6. The van der Waals surface area contributed by atoms with E-state index in [4.69, 9.17) is 21.7 Å². The summed E-state index contributed by atoms with van der Waals surface area (Å²) in [6.07, 6.45) is 2.98. The van der Waals surface area contributed by atoms with Gasteiger partial charge in [-0.05, 0) is 67.6 Å². The fraction of sp³-hybridized carbons (Fsp3) is 0.429. The fourth-order valence-corrected chi connectivity index (χ4v) is 5.23. The van der Waals surface area contributed by atoms with Crippen LogP contribution in [-0.2, 0) is 17.6 Å². The summed E-state index contributed by atoms with van der Waals surface area (Å²) in [5.41, 5.74) is 2.81. The molecule has 1 aromatic heterocycles. The highest BCUT2D eigenvalue weighted by Gasteiger charge is 2.28. The number of carbonyl (C=O) groups is 1. The first kappa shape index (κ1) is 20.6. The van der Waals surface area contributed by atoms with E-state index < -0.39 is 0 Å². The topological polar surface area (TPSA) is 59.6 Å². The molecule has 3 rings (SSSR count). The molecule has 2 atom stereocenters. The molecule has 1 aliphatic carbocycles. The van der Waals surface area contributed by atoms with Crippen LogP contribution in [0.25, 0.3) is 0 Å². The molecule has 0 saturated heterocycles. The molecule has 2 unspecified atom stereocenters. The molecule has 5 nitrogen and oxygen atoms in total. The molecule has 28 heavy (non-hydrogen) atoms. The van der Waals surface area contributed by atoms with Gasteiger partial charge >= 0.3 is 5.97 Å². The van der Waals surface area contributed by atoms with Crippen molar-refractivity contribution in [1.29, 1.82) is 0 Å². The number of fused-ring (bicyclic) bond motifs is 1. The Bertz CT molecular complexity index is 879. The average Bonchev–Trinajstić information content (AvgIpc) is 3.03. The van der Waals surface area contributed by atoms with Crippen molar-refractivity contribution in [2.45, 2.75) is 39.2 Å². The highest BCUT2D eigenvalue weighted by Crippen LogP contribution is 2.40. The van der Waals surface area contributed by atoms with Gasteiger partial charge in [0, 0.05) is 4.88 Å². The Labute approximate surface area is 175 Å². The summed E-state index contributed by atoms with van der Waals surface area (Å²) < 4.78 is 10.3. The van der Waals surface area contributed by atoms with Crippen LogP contribution < -0.4 is 15.4 Å². The van der Waals surface area contributed by atoms with Gasteiger partial charge < -0.3 is 20.1 Å². The van der Waals surface area contributed by atoms with Gasteiger partial charge in [0.1, 0.15) is 10.8 Å². The molecule has 0 spiro atoms. The van der Waals surface area contributed by atoms with Gasteiger partial charge in [-0.2, -0.15) is 0 Å². The zero-order chi connectivity index (χ0) is 20.3. The minimum absolute atomic E-state index is 0.00807. The number of methoxy groups -OCH3 is 2. The van der Waals surface area contributed by atoms with Crippen molar-refractivity contribution in [2.24, 2.45) is 5.92 Å². The number of esters is 1. The standard InChI is InChI=1S/C21H26N2O3S2/c1-12-8-9-16-17(10-12)28-19(18(16)20(24)26-4)23-21(27)22-13(2)14-6-5-7-15(11-14)25-3/h5-7,11-13H,8-10H2,1-4H3,(H2,22,23,27). The second kappa shape index (κ2) is 8.92. The Balaban J connectivity index is 1.77. The molecule has 0 bridgehead atoms. The summed E-state index contributed by atoms with van der Waals surface area (Å²) in [5, 5.41) is 7.77. The summed E-state index contributed by atoms with van der Waals surface area (Å²) in [4.78, 5) is 13.7. The van der Waals surface area contributed by atoms with Gasteiger partial charge in [-0.25, -0.2) is 4.79 Å². The molecule has 1 aliphatic rings.